The van der Waals surface area contributed by atoms with E-state index in [0.29, 0.717) is 6.04 Å². The molecule has 0 amide bonds. The lowest BCUT2D eigenvalue weighted by Crippen LogP contribution is -2.41. The molecule has 0 radical (unpaired) electrons. The first kappa shape index (κ1) is 11.5. The first-order valence-corrected chi connectivity index (χ1v) is 5.48. The van der Waals surface area contributed by atoms with Gasteiger partial charge in [-0.15, -0.1) is 0 Å². The van der Waals surface area contributed by atoms with Crippen molar-refractivity contribution in [2.75, 3.05) is 20.6 Å². The molecule has 0 bridgehead atoms. The highest BCUT2D eigenvalue weighted by molar-refractivity contribution is 5.12. The van der Waals surface area contributed by atoms with Gasteiger partial charge in [0.1, 0.15) is 5.54 Å². The second-order valence-corrected chi connectivity index (χ2v) is 4.32. The number of nitrogens with zero attached hydrogens (tertiary/aromatic N) is 2. The van der Waals surface area contributed by atoms with Gasteiger partial charge >= 0.3 is 0 Å². The Morgan fingerprint density at radius 3 is 2.79 bits per heavy atom. The van der Waals surface area contributed by atoms with Gasteiger partial charge in [-0.05, 0) is 46.3 Å². The number of nitrogens with one attached hydrogen (secondary N) is 1. The Kier molecular flexibility index (Phi) is 3.91. The molecule has 2 atom stereocenters. The lowest BCUT2D eigenvalue weighted by Gasteiger charge is -2.25. The highest BCUT2D eigenvalue weighted by Crippen LogP contribution is 2.31. The average Bonchev–Trinajstić information content (AvgIpc) is 2.63. The summed E-state index contributed by atoms with van der Waals surface area (Å²) in [4.78, 5) is 2.39. The van der Waals surface area contributed by atoms with Crippen LogP contribution in [0.3, 0.4) is 0 Å². The summed E-state index contributed by atoms with van der Waals surface area (Å²) in [6, 6.07) is 3.00. The van der Waals surface area contributed by atoms with Gasteiger partial charge in [0.15, 0.2) is 0 Å². The molecule has 0 spiro atoms. The van der Waals surface area contributed by atoms with Crippen LogP contribution in [-0.2, 0) is 0 Å². The normalized spacial score (nSPS) is 32.1. The minimum absolute atomic E-state index is 0.257. The quantitative estimate of drug-likeness (QED) is 0.736. The first-order chi connectivity index (χ1) is 6.67. The van der Waals surface area contributed by atoms with Crippen LogP contribution in [0.2, 0.25) is 0 Å². The monoisotopic (exact) mass is 195 g/mol. The van der Waals surface area contributed by atoms with E-state index in [0.717, 1.165) is 25.8 Å². The lowest BCUT2D eigenvalue weighted by molar-refractivity contribution is 0.238. The Morgan fingerprint density at radius 2 is 2.36 bits per heavy atom. The van der Waals surface area contributed by atoms with E-state index in [2.05, 4.69) is 30.3 Å². The van der Waals surface area contributed by atoms with Gasteiger partial charge in [0.05, 0.1) is 6.07 Å². The first-order valence-electron chi connectivity index (χ1n) is 5.48. The van der Waals surface area contributed by atoms with Crippen LogP contribution in [-0.4, -0.2) is 37.1 Å². The van der Waals surface area contributed by atoms with E-state index < -0.39 is 0 Å². The van der Waals surface area contributed by atoms with Crippen molar-refractivity contribution in [2.45, 2.75) is 44.2 Å². The summed E-state index contributed by atoms with van der Waals surface area (Å²) in [5.41, 5.74) is -0.257. The van der Waals surface area contributed by atoms with E-state index >= 15 is 0 Å². The maximum atomic E-state index is 9.11. The third kappa shape index (κ3) is 2.26. The third-order valence-electron chi connectivity index (χ3n) is 3.38. The van der Waals surface area contributed by atoms with Gasteiger partial charge in [-0.25, -0.2) is 0 Å². The smallest absolute Gasteiger partial charge is 0.108 e. The van der Waals surface area contributed by atoms with Crippen LogP contribution in [0.15, 0.2) is 0 Å². The molecule has 0 aromatic rings. The molecular formula is C11H21N3. The Morgan fingerprint density at radius 1 is 1.64 bits per heavy atom. The van der Waals surface area contributed by atoms with E-state index in [1.54, 1.807) is 0 Å². The standard InChI is InChI=1S/C11H21N3/c1-4-7-14(3)10-5-6-11(8-10,9-12)13-2/h10,13H,4-8H2,1-3H3. The summed E-state index contributed by atoms with van der Waals surface area (Å²) < 4.78 is 0. The van der Waals surface area contributed by atoms with Gasteiger partial charge in [-0.2, -0.15) is 5.26 Å². The second-order valence-electron chi connectivity index (χ2n) is 4.32. The number of hydrogen-bond acceptors (Lipinski definition) is 3. The summed E-state index contributed by atoms with van der Waals surface area (Å²) in [5.74, 6) is 0. The molecule has 3 heteroatoms. The third-order valence-corrected chi connectivity index (χ3v) is 3.38. The molecule has 1 rings (SSSR count). The highest BCUT2D eigenvalue weighted by Gasteiger charge is 2.39. The van der Waals surface area contributed by atoms with Crippen molar-refractivity contribution in [1.82, 2.24) is 10.2 Å². The SMILES string of the molecule is CCCN(C)C1CCC(C#N)(NC)C1. The molecular weight excluding hydrogens is 174 g/mol. The van der Waals surface area contributed by atoms with Crippen molar-refractivity contribution in [1.29, 1.82) is 5.26 Å². The van der Waals surface area contributed by atoms with E-state index in [4.69, 9.17) is 5.26 Å². The molecule has 0 aliphatic heterocycles. The van der Waals surface area contributed by atoms with Gasteiger partial charge < -0.3 is 10.2 Å². The van der Waals surface area contributed by atoms with Crippen LogP contribution in [0.25, 0.3) is 0 Å². The number of hydrogen-bond donors (Lipinski definition) is 1. The largest absolute Gasteiger partial charge is 0.303 e. The molecule has 1 aliphatic carbocycles. The van der Waals surface area contributed by atoms with Crippen molar-refractivity contribution in [3.63, 3.8) is 0 Å². The Balaban J connectivity index is 2.52. The molecule has 0 aromatic carbocycles. The van der Waals surface area contributed by atoms with Crippen molar-refractivity contribution < 1.29 is 0 Å². The summed E-state index contributed by atoms with van der Waals surface area (Å²) >= 11 is 0. The molecule has 0 heterocycles. The van der Waals surface area contributed by atoms with E-state index in [1.165, 1.54) is 6.42 Å². The van der Waals surface area contributed by atoms with E-state index in [9.17, 15) is 0 Å². The van der Waals surface area contributed by atoms with Crippen molar-refractivity contribution in [3.05, 3.63) is 0 Å². The summed E-state index contributed by atoms with van der Waals surface area (Å²) in [6.45, 7) is 3.33. The zero-order valence-corrected chi connectivity index (χ0v) is 9.51. The van der Waals surface area contributed by atoms with Crippen LogP contribution < -0.4 is 5.32 Å². The predicted octanol–water partition coefficient (Wildman–Crippen LogP) is 1.36. The summed E-state index contributed by atoms with van der Waals surface area (Å²) in [6.07, 6.45) is 4.28. The Hall–Kier alpha value is -0.590. The van der Waals surface area contributed by atoms with Crippen molar-refractivity contribution >= 4 is 0 Å². The molecule has 1 aliphatic rings. The molecule has 14 heavy (non-hydrogen) atoms. The minimum Gasteiger partial charge on any atom is -0.303 e. The highest BCUT2D eigenvalue weighted by atomic mass is 15.1. The second kappa shape index (κ2) is 4.77. The number of nitriles is 1. The fourth-order valence-corrected chi connectivity index (χ4v) is 2.32. The Bertz CT molecular complexity index is 221. The molecule has 1 N–H and O–H groups in total. The molecule has 0 aromatic heterocycles. The lowest BCUT2D eigenvalue weighted by atomic mass is 10.00. The molecule has 3 nitrogen and oxygen atoms in total. The van der Waals surface area contributed by atoms with Crippen LogP contribution in [0.4, 0.5) is 0 Å². The van der Waals surface area contributed by atoms with Crippen LogP contribution in [0.5, 0.6) is 0 Å². The fraction of sp³-hybridized carbons (Fsp3) is 0.909. The van der Waals surface area contributed by atoms with Crippen molar-refractivity contribution in [3.8, 4) is 6.07 Å². The van der Waals surface area contributed by atoms with Crippen LogP contribution >= 0.6 is 0 Å². The Labute approximate surface area is 87.1 Å². The van der Waals surface area contributed by atoms with Gasteiger partial charge in [0, 0.05) is 6.04 Å². The van der Waals surface area contributed by atoms with E-state index in [-0.39, 0.29) is 5.54 Å². The van der Waals surface area contributed by atoms with Crippen molar-refractivity contribution in [2.24, 2.45) is 0 Å². The fourth-order valence-electron chi connectivity index (χ4n) is 2.32. The molecule has 1 saturated carbocycles. The maximum absolute atomic E-state index is 9.11. The van der Waals surface area contributed by atoms with Gasteiger partial charge in [0.25, 0.3) is 0 Å². The summed E-state index contributed by atoms with van der Waals surface area (Å²) in [7, 11) is 4.06. The average molecular weight is 195 g/mol. The van der Waals surface area contributed by atoms with Crippen LogP contribution in [0, 0.1) is 11.3 Å². The van der Waals surface area contributed by atoms with E-state index in [1.807, 2.05) is 7.05 Å². The van der Waals surface area contributed by atoms with Crippen LogP contribution in [0.1, 0.15) is 32.6 Å². The minimum atomic E-state index is -0.257. The molecule has 2 unspecified atom stereocenters. The topological polar surface area (TPSA) is 39.1 Å². The zero-order chi connectivity index (χ0) is 10.6. The molecule has 0 saturated heterocycles. The summed E-state index contributed by atoms with van der Waals surface area (Å²) in [5, 5.41) is 12.3. The zero-order valence-electron chi connectivity index (χ0n) is 9.51. The van der Waals surface area contributed by atoms with Gasteiger partial charge in [-0.1, -0.05) is 6.92 Å². The predicted molar refractivity (Wildman–Crippen MR) is 58.0 cm³/mol. The molecule has 1 fully saturated rings. The van der Waals surface area contributed by atoms with Gasteiger partial charge in [0.2, 0.25) is 0 Å². The number of rotatable bonds is 4. The maximum Gasteiger partial charge on any atom is 0.108 e. The van der Waals surface area contributed by atoms with Gasteiger partial charge in [-0.3, -0.25) is 0 Å². The molecule has 80 valence electrons.